The van der Waals surface area contributed by atoms with Crippen LogP contribution in [0.5, 0.6) is 0 Å². The lowest BCUT2D eigenvalue weighted by atomic mass is 10.2. The van der Waals surface area contributed by atoms with Crippen LogP contribution in [0.1, 0.15) is 33.1 Å². The fourth-order valence-corrected chi connectivity index (χ4v) is 5.42. The summed E-state index contributed by atoms with van der Waals surface area (Å²) >= 11 is 1.62. The van der Waals surface area contributed by atoms with Gasteiger partial charge in [-0.05, 0) is 37.3 Å². The fraction of sp³-hybridized carbons (Fsp3) is 0.600. The third kappa shape index (κ3) is 3.39. The maximum absolute atomic E-state index is 12.8. The first-order chi connectivity index (χ1) is 11.0. The van der Waals surface area contributed by atoms with Gasteiger partial charge in [-0.3, -0.25) is 4.40 Å². The van der Waals surface area contributed by atoms with Crippen LogP contribution in [0.2, 0.25) is 0 Å². The van der Waals surface area contributed by atoms with Crippen LogP contribution in [0.25, 0.3) is 5.65 Å². The summed E-state index contributed by atoms with van der Waals surface area (Å²) in [5.41, 5.74) is 0.423. The molecule has 2 aromatic heterocycles. The highest BCUT2D eigenvalue weighted by Gasteiger charge is 2.30. The van der Waals surface area contributed by atoms with Gasteiger partial charge in [0.25, 0.3) is 0 Å². The minimum absolute atomic E-state index is 0.255. The Morgan fingerprint density at radius 2 is 2.00 bits per heavy atom. The van der Waals surface area contributed by atoms with E-state index in [-0.39, 0.29) is 4.90 Å². The molecule has 0 spiro atoms. The maximum Gasteiger partial charge on any atom is 0.246 e. The Kier molecular flexibility index (Phi) is 4.93. The van der Waals surface area contributed by atoms with E-state index in [1.807, 2.05) is 6.20 Å². The smallest absolute Gasteiger partial charge is 0.246 e. The van der Waals surface area contributed by atoms with Crippen LogP contribution in [0, 0.1) is 5.92 Å². The van der Waals surface area contributed by atoms with Crippen LogP contribution in [-0.4, -0.2) is 46.2 Å². The van der Waals surface area contributed by atoms with Crippen LogP contribution in [0.15, 0.2) is 28.4 Å². The first-order valence-electron chi connectivity index (χ1n) is 7.97. The van der Waals surface area contributed by atoms with E-state index < -0.39 is 10.0 Å². The quantitative estimate of drug-likeness (QED) is 0.746. The van der Waals surface area contributed by atoms with Crippen LogP contribution in [-0.2, 0) is 10.0 Å². The van der Waals surface area contributed by atoms with Gasteiger partial charge in [-0.15, -0.1) is 10.2 Å². The Balaban J connectivity index is 1.92. The van der Waals surface area contributed by atoms with Crippen LogP contribution in [0.4, 0.5) is 0 Å². The molecule has 0 aliphatic carbocycles. The van der Waals surface area contributed by atoms with Gasteiger partial charge in [-0.25, -0.2) is 8.42 Å². The molecule has 3 rings (SSSR count). The molecule has 1 fully saturated rings. The lowest BCUT2D eigenvalue weighted by molar-refractivity contribution is 0.478. The molecule has 0 radical (unpaired) electrons. The van der Waals surface area contributed by atoms with E-state index in [1.54, 1.807) is 32.6 Å². The van der Waals surface area contributed by atoms with E-state index in [0.29, 0.717) is 24.7 Å². The average Bonchev–Trinajstić information content (AvgIpc) is 3.16. The van der Waals surface area contributed by atoms with E-state index in [9.17, 15) is 8.42 Å². The van der Waals surface area contributed by atoms with Crippen molar-refractivity contribution >= 4 is 27.4 Å². The first-order valence-corrected chi connectivity index (χ1v) is 10.4. The summed E-state index contributed by atoms with van der Waals surface area (Å²) < 4.78 is 28.9. The number of sulfonamides is 1. The molecule has 0 unspecified atom stereocenters. The third-order valence-electron chi connectivity index (χ3n) is 3.98. The number of rotatable bonds is 6. The van der Waals surface area contributed by atoms with Crippen molar-refractivity contribution < 1.29 is 8.42 Å². The monoisotopic (exact) mass is 354 g/mol. The molecule has 0 aromatic carbocycles. The molecular formula is C15H22N4O2S2. The summed E-state index contributed by atoms with van der Waals surface area (Å²) in [6.07, 6.45) is 4.76. The highest BCUT2D eigenvalue weighted by atomic mass is 32.2. The molecule has 3 heterocycles. The fourth-order valence-electron chi connectivity index (χ4n) is 2.62. The van der Waals surface area contributed by atoms with Gasteiger partial charge >= 0.3 is 0 Å². The Labute approximate surface area is 141 Å². The van der Waals surface area contributed by atoms with Gasteiger partial charge in [-0.2, -0.15) is 4.31 Å². The zero-order chi connectivity index (χ0) is 16.4. The van der Waals surface area contributed by atoms with Crippen molar-refractivity contribution in [2.45, 2.75) is 43.2 Å². The molecule has 0 atom stereocenters. The predicted molar refractivity (Wildman–Crippen MR) is 91.2 cm³/mol. The van der Waals surface area contributed by atoms with E-state index in [4.69, 9.17) is 0 Å². The molecule has 1 aliphatic rings. The van der Waals surface area contributed by atoms with Crippen LogP contribution < -0.4 is 0 Å². The van der Waals surface area contributed by atoms with Gasteiger partial charge < -0.3 is 0 Å². The summed E-state index contributed by atoms with van der Waals surface area (Å²) in [5.74, 6) is 1.58. The second-order valence-corrected chi connectivity index (χ2v) is 9.16. The normalized spacial score (nSPS) is 16.7. The number of pyridine rings is 1. The molecule has 1 saturated heterocycles. The molecule has 6 nitrogen and oxygen atoms in total. The highest BCUT2D eigenvalue weighted by Crippen LogP contribution is 2.26. The number of fused-ring (bicyclic) bond motifs is 1. The minimum Gasteiger partial charge on any atom is -0.276 e. The van der Waals surface area contributed by atoms with E-state index in [2.05, 4.69) is 24.0 Å². The largest absolute Gasteiger partial charge is 0.276 e. The second-order valence-electron chi connectivity index (χ2n) is 6.19. The molecule has 0 bridgehead atoms. The van der Waals surface area contributed by atoms with Gasteiger partial charge in [0.1, 0.15) is 4.90 Å². The van der Waals surface area contributed by atoms with E-state index >= 15 is 0 Å². The van der Waals surface area contributed by atoms with Crippen molar-refractivity contribution in [1.82, 2.24) is 18.9 Å². The molecule has 0 amide bonds. The Morgan fingerprint density at radius 1 is 1.26 bits per heavy atom. The zero-order valence-corrected chi connectivity index (χ0v) is 15.1. The SMILES string of the molecule is CC(C)CCSc1nnc2c(S(=O)(=O)N3CCCC3)cccn12. The van der Waals surface area contributed by atoms with Gasteiger partial charge in [0.15, 0.2) is 10.8 Å². The molecule has 126 valence electrons. The number of nitrogens with zero attached hydrogens (tertiary/aromatic N) is 4. The molecule has 0 saturated carbocycles. The first kappa shape index (κ1) is 16.7. The standard InChI is InChI=1S/C15H22N4O2S2/c1-12(2)7-11-22-15-17-16-14-13(6-5-10-19(14)15)23(20,21)18-8-3-4-9-18/h5-6,10,12H,3-4,7-9,11H2,1-2H3. The van der Waals surface area contributed by atoms with Gasteiger partial charge in [0, 0.05) is 25.0 Å². The lowest BCUT2D eigenvalue weighted by Crippen LogP contribution is -2.28. The van der Waals surface area contributed by atoms with Gasteiger partial charge in [0.2, 0.25) is 10.0 Å². The van der Waals surface area contributed by atoms with Crippen molar-refractivity contribution in [2.24, 2.45) is 5.92 Å². The Hall–Kier alpha value is -1.12. The van der Waals surface area contributed by atoms with E-state index in [0.717, 1.165) is 30.2 Å². The second kappa shape index (κ2) is 6.78. The molecule has 23 heavy (non-hydrogen) atoms. The van der Waals surface area contributed by atoms with Crippen LogP contribution in [0.3, 0.4) is 0 Å². The molecule has 0 N–H and O–H groups in total. The topological polar surface area (TPSA) is 67.6 Å². The number of hydrogen-bond donors (Lipinski definition) is 0. The maximum atomic E-state index is 12.8. The Morgan fingerprint density at radius 3 is 2.70 bits per heavy atom. The minimum atomic E-state index is -3.49. The molecular weight excluding hydrogens is 332 g/mol. The van der Waals surface area contributed by atoms with Gasteiger partial charge in [0.05, 0.1) is 0 Å². The van der Waals surface area contributed by atoms with Gasteiger partial charge in [-0.1, -0.05) is 25.6 Å². The Bertz CT molecular complexity index is 780. The zero-order valence-electron chi connectivity index (χ0n) is 13.5. The van der Waals surface area contributed by atoms with Crippen molar-refractivity contribution in [1.29, 1.82) is 0 Å². The lowest BCUT2D eigenvalue weighted by Gasteiger charge is -2.15. The van der Waals surface area contributed by atoms with E-state index in [1.165, 1.54) is 0 Å². The molecule has 1 aliphatic heterocycles. The summed E-state index contributed by atoms with van der Waals surface area (Å²) in [5, 5.41) is 9.08. The summed E-state index contributed by atoms with van der Waals surface area (Å²) in [4.78, 5) is 0.255. The van der Waals surface area contributed by atoms with Crippen molar-refractivity contribution in [3.05, 3.63) is 18.3 Å². The number of hydrogen-bond acceptors (Lipinski definition) is 5. The highest BCUT2D eigenvalue weighted by molar-refractivity contribution is 7.99. The number of aromatic nitrogens is 3. The number of thioether (sulfide) groups is 1. The molecule has 2 aromatic rings. The summed E-state index contributed by atoms with van der Waals surface area (Å²) in [6.45, 7) is 5.55. The predicted octanol–water partition coefficient (Wildman–Crippen LogP) is 2.65. The summed E-state index contributed by atoms with van der Waals surface area (Å²) in [7, 11) is -3.49. The van der Waals surface area contributed by atoms with Crippen molar-refractivity contribution in [3.8, 4) is 0 Å². The van der Waals surface area contributed by atoms with Crippen LogP contribution >= 0.6 is 11.8 Å². The average molecular weight is 355 g/mol. The molecule has 8 heteroatoms. The van der Waals surface area contributed by atoms with Crippen molar-refractivity contribution in [2.75, 3.05) is 18.8 Å². The summed E-state index contributed by atoms with van der Waals surface area (Å²) in [6, 6.07) is 3.38. The van der Waals surface area contributed by atoms with Crippen molar-refractivity contribution in [3.63, 3.8) is 0 Å². The third-order valence-corrected chi connectivity index (χ3v) is 6.87.